The summed E-state index contributed by atoms with van der Waals surface area (Å²) in [6.07, 6.45) is 0.308. The van der Waals surface area contributed by atoms with E-state index in [0.717, 1.165) is 12.2 Å². The van der Waals surface area contributed by atoms with Gasteiger partial charge in [0, 0.05) is 18.2 Å². The van der Waals surface area contributed by atoms with Crippen LogP contribution >= 0.6 is 23.5 Å². The van der Waals surface area contributed by atoms with Gasteiger partial charge in [0.2, 0.25) is 0 Å². The number of thioether (sulfide) groups is 1. The number of carbonyl (C=O) groups excluding carboxylic acids is 1. The number of nitrogens with one attached hydrogen (secondary N) is 1. The van der Waals surface area contributed by atoms with Crippen LogP contribution in [0.2, 0.25) is 0 Å². The van der Waals surface area contributed by atoms with Crippen molar-refractivity contribution in [2.45, 2.75) is 38.8 Å². The highest BCUT2D eigenvalue weighted by Crippen LogP contribution is 2.14. The first-order valence-electron chi connectivity index (χ1n) is 5.14. The minimum absolute atomic E-state index is 0.0689. The lowest BCUT2D eigenvalue weighted by molar-refractivity contribution is -0.143. The topological polar surface area (TPSA) is 58.6 Å². The molecule has 0 aliphatic rings. The Bertz CT molecular complexity index is 214. The molecule has 0 aromatic rings. The molecule has 0 aromatic heterocycles. The molecule has 0 aromatic carbocycles. The summed E-state index contributed by atoms with van der Waals surface area (Å²) in [6.45, 7) is 5.42. The van der Waals surface area contributed by atoms with Crippen molar-refractivity contribution in [2.75, 3.05) is 18.1 Å². The van der Waals surface area contributed by atoms with Gasteiger partial charge in [0.15, 0.2) is 0 Å². The zero-order chi connectivity index (χ0) is 12.6. The molecule has 6 heteroatoms. The molecule has 4 nitrogen and oxygen atoms in total. The van der Waals surface area contributed by atoms with Crippen LogP contribution in [-0.4, -0.2) is 40.8 Å². The summed E-state index contributed by atoms with van der Waals surface area (Å²) in [5, 5.41) is 9.44. The second-order valence-corrected chi connectivity index (χ2v) is 5.60. The highest BCUT2D eigenvalue weighted by Gasteiger charge is 2.15. The molecule has 0 aliphatic heterocycles. The lowest BCUT2D eigenvalue weighted by Gasteiger charge is -2.21. The van der Waals surface area contributed by atoms with E-state index in [1.165, 1.54) is 6.92 Å². The predicted molar refractivity (Wildman–Crippen MR) is 67.6 cm³/mol. The van der Waals surface area contributed by atoms with Gasteiger partial charge in [0.25, 0.3) is 0 Å². The smallest absolute Gasteiger partial charge is 0.302 e. The van der Waals surface area contributed by atoms with E-state index in [9.17, 15) is 9.90 Å². The first kappa shape index (κ1) is 16.0. The Balaban J connectivity index is 3.48. The normalized spacial score (nSPS) is 13.6. The lowest BCUT2D eigenvalue weighted by atomic mass is 10.0. The van der Waals surface area contributed by atoms with Crippen molar-refractivity contribution in [2.24, 2.45) is 0 Å². The summed E-state index contributed by atoms with van der Waals surface area (Å²) in [5.74, 6) is 1.09. The van der Waals surface area contributed by atoms with Crippen molar-refractivity contribution in [3.8, 4) is 0 Å². The Kier molecular flexibility index (Phi) is 8.18. The quantitative estimate of drug-likeness (QED) is 0.398. The zero-order valence-electron chi connectivity index (χ0n) is 9.96. The third-order valence-electron chi connectivity index (χ3n) is 1.92. The Morgan fingerprint density at radius 2 is 2.25 bits per heavy atom. The second kappa shape index (κ2) is 8.17. The summed E-state index contributed by atoms with van der Waals surface area (Å²) in [6, 6.07) is 0. The van der Waals surface area contributed by atoms with Crippen LogP contribution < -0.4 is 4.84 Å². The fraction of sp³-hybridized carbons (Fsp3) is 0.900. The van der Waals surface area contributed by atoms with Gasteiger partial charge in [-0.2, -0.15) is 11.8 Å². The molecule has 0 heterocycles. The molecule has 0 radical (unpaired) electrons. The summed E-state index contributed by atoms with van der Waals surface area (Å²) < 4.78 is 4.69. The maximum Gasteiger partial charge on any atom is 0.302 e. The number of carbonyl (C=O) groups is 1. The van der Waals surface area contributed by atoms with Crippen LogP contribution in [0.1, 0.15) is 27.2 Å². The Morgan fingerprint density at radius 3 is 2.75 bits per heavy atom. The van der Waals surface area contributed by atoms with Gasteiger partial charge in [-0.1, -0.05) is 0 Å². The average molecular weight is 270 g/mol. The van der Waals surface area contributed by atoms with Crippen LogP contribution in [0.4, 0.5) is 0 Å². The average Bonchev–Trinajstić information content (AvgIpc) is 2.21. The molecule has 0 saturated heterocycles. The van der Waals surface area contributed by atoms with Gasteiger partial charge in [-0.25, -0.2) is 4.84 Å². The molecule has 0 bridgehead atoms. The third kappa shape index (κ3) is 9.27. The van der Waals surface area contributed by atoms with E-state index in [1.54, 1.807) is 11.8 Å². The van der Waals surface area contributed by atoms with E-state index < -0.39 is 6.10 Å². The molecule has 0 aliphatic carbocycles. The second-order valence-electron chi connectivity index (χ2n) is 4.26. The van der Waals surface area contributed by atoms with Crippen LogP contribution in [0.5, 0.6) is 0 Å². The summed E-state index contributed by atoms with van der Waals surface area (Å²) in [5.41, 5.74) is -0.102. The van der Waals surface area contributed by atoms with Crippen molar-refractivity contribution in [3.05, 3.63) is 0 Å². The summed E-state index contributed by atoms with van der Waals surface area (Å²) in [4.78, 5) is 13.2. The van der Waals surface area contributed by atoms with Crippen LogP contribution in [0.25, 0.3) is 0 Å². The molecule has 0 amide bonds. The largest absolute Gasteiger partial charge is 0.463 e. The molecule has 1 atom stereocenters. The van der Waals surface area contributed by atoms with E-state index in [4.69, 9.17) is 11.8 Å². The fourth-order valence-electron chi connectivity index (χ4n) is 0.856. The third-order valence-corrected chi connectivity index (χ3v) is 3.54. The first-order valence-corrected chi connectivity index (χ1v) is 6.67. The van der Waals surface area contributed by atoms with Crippen LogP contribution in [-0.2, 0) is 9.53 Å². The number of hydrogen-bond acceptors (Lipinski definition) is 5. The predicted octanol–water partition coefficient (Wildman–Crippen LogP) is 1.56. The zero-order valence-corrected chi connectivity index (χ0v) is 11.5. The summed E-state index contributed by atoms with van der Waals surface area (Å²) in [7, 11) is 0. The van der Waals surface area contributed by atoms with Crippen molar-refractivity contribution in [3.63, 3.8) is 0 Å². The molecule has 0 fully saturated rings. The van der Waals surface area contributed by atoms with Crippen LogP contribution in [0, 0.1) is 0 Å². The number of aliphatic hydroxyl groups excluding tert-OH is 1. The van der Waals surface area contributed by atoms with E-state index in [0.29, 0.717) is 5.75 Å². The minimum Gasteiger partial charge on any atom is -0.463 e. The van der Waals surface area contributed by atoms with Crippen LogP contribution in [0.3, 0.4) is 0 Å². The van der Waals surface area contributed by atoms with Gasteiger partial charge >= 0.3 is 5.97 Å². The maximum absolute atomic E-state index is 10.5. The van der Waals surface area contributed by atoms with Gasteiger partial charge in [-0.05, 0) is 37.8 Å². The number of hydrogen-bond donors (Lipinski definition) is 2. The molecular formula is C10H20ClNO3S. The highest BCUT2D eigenvalue weighted by atomic mass is 35.5. The number of aliphatic hydroxyl groups is 1. The van der Waals surface area contributed by atoms with Gasteiger partial charge in [-0.15, -0.1) is 0 Å². The molecule has 0 spiro atoms. The molecule has 0 saturated carbocycles. The number of esters is 1. The van der Waals surface area contributed by atoms with Crippen molar-refractivity contribution >= 4 is 29.5 Å². The molecule has 2 N–H and O–H groups in total. The molecule has 0 rings (SSSR count). The van der Waals surface area contributed by atoms with E-state index in [1.807, 2.05) is 13.8 Å². The van der Waals surface area contributed by atoms with Gasteiger partial charge in [0.05, 0.1) is 6.10 Å². The Morgan fingerprint density at radius 1 is 1.62 bits per heavy atom. The number of halogens is 1. The number of ether oxygens (including phenoxy) is 1. The van der Waals surface area contributed by atoms with Gasteiger partial charge < -0.3 is 9.84 Å². The van der Waals surface area contributed by atoms with E-state index >= 15 is 0 Å². The molecule has 1 unspecified atom stereocenters. The van der Waals surface area contributed by atoms with Crippen molar-refractivity contribution in [1.82, 2.24) is 4.84 Å². The van der Waals surface area contributed by atoms with E-state index in [2.05, 4.69) is 9.57 Å². The lowest BCUT2D eigenvalue weighted by Crippen LogP contribution is -2.33. The number of rotatable bonds is 8. The molecule has 96 valence electrons. The Hall–Kier alpha value is 0.0300. The molecular weight excluding hydrogens is 250 g/mol. The van der Waals surface area contributed by atoms with Gasteiger partial charge in [0.1, 0.15) is 6.61 Å². The SMILES string of the molecule is CC(=O)OCC(O)CSCCC(C)(C)NCl. The van der Waals surface area contributed by atoms with Crippen molar-refractivity contribution < 1.29 is 14.6 Å². The fourth-order valence-corrected chi connectivity index (χ4v) is 2.14. The Labute approximate surface area is 106 Å². The minimum atomic E-state index is -0.596. The highest BCUT2D eigenvalue weighted by molar-refractivity contribution is 7.99. The summed E-state index contributed by atoms with van der Waals surface area (Å²) >= 11 is 7.17. The van der Waals surface area contributed by atoms with E-state index in [-0.39, 0.29) is 18.1 Å². The van der Waals surface area contributed by atoms with Gasteiger partial charge in [-0.3, -0.25) is 4.79 Å². The first-order chi connectivity index (χ1) is 7.37. The standard InChI is InChI=1S/C10H20ClNO3S/c1-8(13)15-6-9(14)7-16-5-4-10(2,3)12-11/h9,12,14H,4-7H2,1-3H3. The molecule has 16 heavy (non-hydrogen) atoms. The van der Waals surface area contributed by atoms with Crippen LogP contribution in [0.15, 0.2) is 0 Å². The maximum atomic E-state index is 10.5. The van der Waals surface area contributed by atoms with Crippen molar-refractivity contribution in [1.29, 1.82) is 0 Å². The monoisotopic (exact) mass is 269 g/mol.